The molecule has 0 spiro atoms. The molecule has 5 heteroatoms. The first-order valence-corrected chi connectivity index (χ1v) is 8.67. The number of hydrogen-bond donors (Lipinski definition) is 1. The van der Waals surface area contributed by atoms with E-state index in [4.69, 9.17) is 9.47 Å². The van der Waals surface area contributed by atoms with Crippen molar-refractivity contribution >= 4 is 11.8 Å². The van der Waals surface area contributed by atoms with Gasteiger partial charge < -0.3 is 19.7 Å². The fourth-order valence-electron chi connectivity index (χ4n) is 2.98. The molecule has 1 aliphatic heterocycles. The van der Waals surface area contributed by atoms with Gasteiger partial charge in [0.25, 0.3) is 0 Å². The minimum atomic E-state index is -0.447. The first kappa shape index (κ1) is 18.4. The summed E-state index contributed by atoms with van der Waals surface area (Å²) >= 11 is 0. The molecule has 24 heavy (non-hydrogen) atoms. The van der Waals surface area contributed by atoms with Crippen LogP contribution in [0.1, 0.15) is 40.5 Å². The van der Waals surface area contributed by atoms with Crippen LogP contribution in [0.4, 0.5) is 10.5 Å². The quantitative estimate of drug-likeness (QED) is 0.899. The Bertz CT molecular complexity index is 537. The van der Waals surface area contributed by atoms with Gasteiger partial charge in [0.1, 0.15) is 11.4 Å². The van der Waals surface area contributed by atoms with Gasteiger partial charge in [-0.2, -0.15) is 0 Å². The van der Waals surface area contributed by atoms with Gasteiger partial charge in [0.2, 0.25) is 0 Å². The van der Waals surface area contributed by atoms with Crippen molar-refractivity contribution in [3.05, 3.63) is 24.3 Å². The van der Waals surface area contributed by atoms with Gasteiger partial charge in [-0.25, -0.2) is 4.79 Å². The molecule has 1 fully saturated rings. The summed E-state index contributed by atoms with van der Waals surface area (Å²) in [5, 5.41) is 3.54. The number of amides is 1. The van der Waals surface area contributed by atoms with Crippen LogP contribution in [0.2, 0.25) is 0 Å². The van der Waals surface area contributed by atoms with Gasteiger partial charge in [0.05, 0.1) is 7.11 Å². The standard InChI is InChI=1S/C19H30N2O3/c1-14(20-16-8-10-17(23-5)11-9-16)15-7-6-12-21(13-15)18(22)24-19(2,3)4/h8-11,14-15,20H,6-7,12-13H2,1-5H3. The van der Waals surface area contributed by atoms with Crippen LogP contribution in [0.3, 0.4) is 0 Å². The van der Waals surface area contributed by atoms with Crippen molar-refractivity contribution in [3.63, 3.8) is 0 Å². The third kappa shape index (κ3) is 5.32. The van der Waals surface area contributed by atoms with Crippen molar-refractivity contribution < 1.29 is 14.3 Å². The van der Waals surface area contributed by atoms with Crippen LogP contribution in [-0.4, -0.2) is 42.8 Å². The molecule has 0 bridgehead atoms. The van der Waals surface area contributed by atoms with E-state index < -0.39 is 5.60 Å². The van der Waals surface area contributed by atoms with Crippen LogP contribution in [0.25, 0.3) is 0 Å². The van der Waals surface area contributed by atoms with E-state index in [1.807, 2.05) is 49.9 Å². The van der Waals surface area contributed by atoms with Crippen LogP contribution in [-0.2, 0) is 4.74 Å². The SMILES string of the molecule is COc1ccc(NC(C)C2CCCN(C(=O)OC(C)(C)C)C2)cc1. The first-order chi connectivity index (χ1) is 11.3. The number of carbonyl (C=O) groups is 1. The van der Waals surface area contributed by atoms with E-state index in [1.54, 1.807) is 7.11 Å². The fourth-order valence-corrected chi connectivity index (χ4v) is 2.98. The Balaban J connectivity index is 1.91. The highest BCUT2D eigenvalue weighted by molar-refractivity contribution is 5.68. The molecule has 0 radical (unpaired) electrons. The Hall–Kier alpha value is -1.91. The Kier molecular flexibility index (Phi) is 5.97. The third-order valence-corrected chi connectivity index (χ3v) is 4.30. The molecule has 1 aromatic rings. The highest BCUT2D eigenvalue weighted by Crippen LogP contribution is 2.24. The molecule has 1 N–H and O–H groups in total. The number of carbonyl (C=O) groups excluding carboxylic acids is 1. The number of nitrogens with zero attached hydrogens (tertiary/aromatic N) is 1. The average Bonchev–Trinajstić information content (AvgIpc) is 2.54. The topological polar surface area (TPSA) is 50.8 Å². The Morgan fingerprint density at radius 1 is 1.29 bits per heavy atom. The minimum absolute atomic E-state index is 0.205. The molecule has 5 nitrogen and oxygen atoms in total. The Labute approximate surface area is 145 Å². The molecule has 0 aliphatic carbocycles. The maximum absolute atomic E-state index is 12.3. The molecule has 1 aromatic carbocycles. The van der Waals surface area contributed by atoms with E-state index in [2.05, 4.69) is 12.2 Å². The Morgan fingerprint density at radius 3 is 2.54 bits per heavy atom. The zero-order valence-electron chi connectivity index (χ0n) is 15.5. The van der Waals surface area contributed by atoms with Crippen molar-refractivity contribution in [2.75, 3.05) is 25.5 Å². The van der Waals surface area contributed by atoms with Crippen molar-refractivity contribution in [2.24, 2.45) is 5.92 Å². The summed E-state index contributed by atoms with van der Waals surface area (Å²) in [4.78, 5) is 14.1. The number of hydrogen-bond acceptors (Lipinski definition) is 4. The maximum Gasteiger partial charge on any atom is 0.410 e. The normalized spacial score (nSPS) is 19.5. The average molecular weight is 334 g/mol. The van der Waals surface area contributed by atoms with Crippen LogP contribution in [0, 0.1) is 5.92 Å². The lowest BCUT2D eigenvalue weighted by molar-refractivity contribution is 0.0159. The summed E-state index contributed by atoms with van der Waals surface area (Å²) < 4.78 is 10.7. The number of ether oxygens (including phenoxy) is 2. The summed E-state index contributed by atoms with van der Waals surface area (Å²) in [6.45, 7) is 9.40. The molecule has 0 aromatic heterocycles. The smallest absolute Gasteiger partial charge is 0.410 e. The molecule has 2 unspecified atom stereocenters. The number of nitrogens with one attached hydrogen (secondary N) is 1. The highest BCUT2D eigenvalue weighted by atomic mass is 16.6. The largest absolute Gasteiger partial charge is 0.497 e. The van der Waals surface area contributed by atoms with Crippen molar-refractivity contribution in [1.29, 1.82) is 0 Å². The van der Waals surface area contributed by atoms with Gasteiger partial charge >= 0.3 is 6.09 Å². The lowest BCUT2D eigenvalue weighted by Gasteiger charge is -2.37. The van der Waals surface area contributed by atoms with Crippen LogP contribution >= 0.6 is 0 Å². The van der Waals surface area contributed by atoms with E-state index >= 15 is 0 Å². The van der Waals surface area contributed by atoms with Gasteiger partial charge in [0.15, 0.2) is 0 Å². The number of rotatable bonds is 4. The molecule has 2 rings (SSSR count). The molecule has 134 valence electrons. The van der Waals surface area contributed by atoms with Gasteiger partial charge in [-0.3, -0.25) is 0 Å². The van der Waals surface area contributed by atoms with Crippen molar-refractivity contribution in [2.45, 2.75) is 52.2 Å². The second-order valence-corrected chi connectivity index (χ2v) is 7.49. The highest BCUT2D eigenvalue weighted by Gasteiger charge is 2.30. The molecular weight excluding hydrogens is 304 g/mol. The van der Waals surface area contributed by atoms with Gasteiger partial charge in [0, 0.05) is 24.8 Å². The molecule has 2 atom stereocenters. The predicted molar refractivity (Wildman–Crippen MR) is 96.6 cm³/mol. The van der Waals surface area contributed by atoms with Crippen molar-refractivity contribution in [3.8, 4) is 5.75 Å². The molecule has 1 amide bonds. The molecule has 1 heterocycles. The molecule has 1 saturated heterocycles. The summed E-state index contributed by atoms with van der Waals surface area (Å²) in [5.41, 5.74) is 0.620. The van der Waals surface area contributed by atoms with E-state index in [1.165, 1.54) is 0 Å². The van der Waals surface area contributed by atoms with E-state index in [0.717, 1.165) is 37.4 Å². The number of likely N-dealkylation sites (tertiary alicyclic amines) is 1. The summed E-state index contributed by atoms with van der Waals surface area (Å²) in [7, 11) is 1.67. The summed E-state index contributed by atoms with van der Waals surface area (Å²) in [5.74, 6) is 1.26. The first-order valence-electron chi connectivity index (χ1n) is 8.67. The molecular formula is C19H30N2O3. The second kappa shape index (κ2) is 7.77. The van der Waals surface area contributed by atoms with E-state index in [-0.39, 0.29) is 12.1 Å². The fraction of sp³-hybridized carbons (Fsp3) is 0.632. The zero-order chi connectivity index (χ0) is 17.7. The lowest BCUT2D eigenvalue weighted by Crippen LogP contribution is -2.46. The number of piperidine rings is 1. The molecule has 0 saturated carbocycles. The molecule has 1 aliphatic rings. The second-order valence-electron chi connectivity index (χ2n) is 7.49. The predicted octanol–water partition coefficient (Wildman–Crippen LogP) is 4.14. The van der Waals surface area contributed by atoms with Crippen LogP contribution in [0.5, 0.6) is 5.75 Å². The van der Waals surface area contributed by atoms with Crippen LogP contribution < -0.4 is 10.1 Å². The third-order valence-electron chi connectivity index (χ3n) is 4.30. The maximum atomic E-state index is 12.3. The van der Waals surface area contributed by atoms with Crippen molar-refractivity contribution in [1.82, 2.24) is 4.90 Å². The monoisotopic (exact) mass is 334 g/mol. The summed E-state index contributed by atoms with van der Waals surface area (Å²) in [6, 6.07) is 8.21. The van der Waals surface area contributed by atoms with Gasteiger partial charge in [-0.1, -0.05) is 0 Å². The number of benzene rings is 1. The Morgan fingerprint density at radius 2 is 1.96 bits per heavy atom. The van der Waals surface area contributed by atoms with Crippen LogP contribution in [0.15, 0.2) is 24.3 Å². The van der Waals surface area contributed by atoms with Gasteiger partial charge in [-0.05, 0) is 70.7 Å². The lowest BCUT2D eigenvalue weighted by atomic mass is 9.91. The van der Waals surface area contributed by atoms with E-state index in [0.29, 0.717) is 5.92 Å². The van der Waals surface area contributed by atoms with Gasteiger partial charge in [-0.15, -0.1) is 0 Å². The number of methoxy groups -OCH3 is 1. The minimum Gasteiger partial charge on any atom is -0.497 e. The number of anilines is 1. The van der Waals surface area contributed by atoms with E-state index in [9.17, 15) is 4.79 Å². The summed E-state index contributed by atoms with van der Waals surface area (Å²) in [6.07, 6.45) is 1.92. The zero-order valence-corrected chi connectivity index (χ0v) is 15.5.